The van der Waals surface area contributed by atoms with Crippen LogP contribution in [0.25, 0.3) is 0 Å². The predicted molar refractivity (Wildman–Crippen MR) is 78.0 cm³/mol. The van der Waals surface area contributed by atoms with Crippen LogP contribution in [0.4, 0.5) is 5.69 Å². The molecule has 3 nitrogen and oxygen atoms in total. The van der Waals surface area contributed by atoms with Gasteiger partial charge in [-0.1, -0.05) is 41.9 Å². The number of hydrogen-bond acceptors (Lipinski definition) is 2. The van der Waals surface area contributed by atoms with E-state index in [-0.39, 0.29) is 18.1 Å². The molecule has 1 amide bonds. The first-order valence-corrected chi connectivity index (χ1v) is 6.70. The Balaban J connectivity index is 1.89. The quantitative estimate of drug-likeness (QED) is 0.881. The lowest BCUT2D eigenvalue weighted by Gasteiger charge is -2.08. The van der Waals surface area contributed by atoms with Gasteiger partial charge in [0.05, 0.1) is 0 Å². The zero-order valence-corrected chi connectivity index (χ0v) is 11.4. The van der Waals surface area contributed by atoms with Crippen LogP contribution in [-0.2, 0) is 16.0 Å². The van der Waals surface area contributed by atoms with E-state index in [1.54, 1.807) is 18.2 Å². The van der Waals surface area contributed by atoms with E-state index >= 15 is 0 Å². The molecule has 1 N–H and O–H groups in total. The van der Waals surface area contributed by atoms with Gasteiger partial charge in [-0.2, -0.15) is 0 Å². The third-order valence-corrected chi connectivity index (χ3v) is 3.62. The molecule has 0 aromatic heterocycles. The van der Waals surface area contributed by atoms with Crippen LogP contribution in [0.2, 0.25) is 5.02 Å². The topological polar surface area (TPSA) is 46.2 Å². The monoisotopic (exact) mass is 285 g/mol. The smallest absolute Gasteiger partial charge is 0.239 e. The molecular weight excluding hydrogens is 274 g/mol. The molecule has 2 aromatic rings. The highest BCUT2D eigenvalue weighted by molar-refractivity contribution is 6.31. The summed E-state index contributed by atoms with van der Waals surface area (Å²) in [5.74, 6) is -1.15. The Labute approximate surface area is 121 Å². The van der Waals surface area contributed by atoms with Crippen molar-refractivity contribution >= 4 is 29.0 Å². The largest absolute Gasteiger partial charge is 0.325 e. The maximum absolute atomic E-state index is 12.4. The Morgan fingerprint density at radius 3 is 2.65 bits per heavy atom. The van der Waals surface area contributed by atoms with Crippen LogP contribution in [0.5, 0.6) is 0 Å². The number of hydrogen-bond donors (Lipinski definition) is 1. The van der Waals surface area contributed by atoms with Crippen molar-refractivity contribution in [3.8, 4) is 0 Å². The fourth-order valence-electron chi connectivity index (χ4n) is 2.45. The van der Waals surface area contributed by atoms with Crippen LogP contribution in [0.3, 0.4) is 0 Å². The van der Waals surface area contributed by atoms with E-state index in [2.05, 4.69) is 5.32 Å². The zero-order valence-electron chi connectivity index (χ0n) is 10.6. The van der Waals surface area contributed by atoms with E-state index in [1.807, 2.05) is 30.3 Å². The molecule has 0 spiro atoms. The van der Waals surface area contributed by atoms with Crippen LogP contribution < -0.4 is 5.32 Å². The average Bonchev–Trinajstić information content (AvgIpc) is 2.75. The van der Waals surface area contributed by atoms with Crippen LogP contribution in [0.15, 0.2) is 48.5 Å². The fraction of sp³-hybridized carbons (Fsp3) is 0.125. The van der Waals surface area contributed by atoms with Crippen molar-refractivity contribution in [3.63, 3.8) is 0 Å². The summed E-state index contributed by atoms with van der Waals surface area (Å²) in [6, 6.07) is 14.5. The Morgan fingerprint density at radius 2 is 1.90 bits per heavy atom. The standard InChI is InChI=1S/C16H12ClNO2/c17-11-6-7-13-12(9-11)15(16(20)18-13)14(19)8-10-4-2-1-3-5-10/h1-7,9,15H,8H2,(H,18,20). The number of anilines is 1. The van der Waals surface area contributed by atoms with E-state index in [0.29, 0.717) is 16.3 Å². The van der Waals surface area contributed by atoms with Gasteiger partial charge in [-0.25, -0.2) is 0 Å². The van der Waals surface area contributed by atoms with Crippen molar-refractivity contribution in [2.24, 2.45) is 0 Å². The van der Waals surface area contributed by atoms with Gasteiger partial charge in [-0.3, -0.25) is 9.59 Å². The van der Waals surface area contributed by atoms with Gasteiger partial charge in [0.25, 0.3) is 0 Å². The van der Waals surface area contributed by atoms with Crippen molar-refractivity contribution < 1.29 is 9.59 Å². The van der Waals surface area contributed by atoms with Gasteiger partial charge in [-0.05, 0) is 29.3 Å². The molecule has 1 unspecified atom stereocenters. The maximum atomic E-state index is 12.4. The highest BCUT2D eigenvalue weighted by atomic mass is 35.5. The van der Waals surface area contributed by atoms with Crippen LogP contribution in [0.1, 0.15) is 17.0 Å². The van der Waals surface area contributed by atoms with Crippen molar-refractivity contribution in [2.45, 2.75) is 12.3 Å². The number of benzene rings is 2. The number of Topliss-reactive ketones (excluding diaryl/α,β-unsaturated/α-hetero) is 1. The van der Waals surface area contributed by atoms with Crippen LogP contribution in [0, 0.1) is 0 Å². The molecular formula is C16H12ClNO2. The highest BCUT2D eigenvalue weighted by Gasteiger charge is 2.35. The molecule has 0 radical (unpaired) electrons. The molecule has 0 bridgehead atoms. The summed E-state index contributed by atoms with van der Waals surface area (Å²) in [6.07, 6.45) is 0.241. The molecule has 2 aromatic carbocycles. The van der Waals surface area contributed by atoms with Gasteiger partial charge < -0.3 is 5.32 Å². The summed E-state index contributed by atoms with van der Waals surface area (Å²) in [4.78, 5) is 24.4. The molecule has 1 atom stereocenters. The fourth-order valence-corrected chi connectivity index (χ4v) is 2.63. The zero-order chi connectivity index (χ0) is 14.1. The van der Waals surface area contributed by atoms with Gasteiger partial charge in [0.15, 0.2) is 5.78 Å². The Kier molecular flexibility index (Phi) is 3.28. The lowest BCUT2D eigenvalue weighted by molar-refractivity contribution is -0.126. The first kappa shape index (κ1) is 12.9. The lowest BCUT2D eigenvalue weighted by Crippen LogP contribution is -2.22. The number of halogens is 1. The van der Waals surface area contributed by atoms with Gasteiger partial charge in [-0.15, -0.1) is 0 Å². The summed E-state index contributed by atoms with van der Waals surface area (Å²) in [5, 5.41) is 3.25. The van der Waals surface area contributed by atoms with E-state index in [1.165, 1.54) is 0 Å². The Morgan fingerprint density at radius 1 is 1.15 bits per heavy atom. The Hall–Kier alpha value is -2.13. The molecule has 1 aliphatic rings. The third-order valence-electron chi connectivity index (χ3n) is 3.39. The second-order valence-corrected chi connectivity index (χ2v) is 5.22. The van der Waals surface area contributed by atoms with Gasteiger partial charge >= 0.3 is 0 Å². The number of fused-ring (bicyclic) bond motifs is 1. The number of amides is 1. The number of nitrogens with one attached hydrogen (secondary N) is 1. The van der Waals surface area contributed by atoms with Gasteiger partial charge in [0, 0.05) is 17.1 Å². The predicted octanol–water partition coefficient (Wildman–Crippen LogP) is 3.19. The minimum atomic E-state index is -0.760. The van der Waals surface area contributed by atoms with Crippen molar-refractivity contribution in [3.05, 3.63) is 64.7 Å². The second-order valence-electron chi connectivity index (χ2n) is 4.78. The first-order chi connectivity index (χ1) is 9.65. The third kappa shape index (κ3) is 2.32. The SMILES string of the molecule is O=C(Cc1ccccc1)C1C(=O)Nc2ccc(Cl)cc21. The number of rotatable bonds is 3. The summed E-state index contributed by atoms with van der Waals surface area (Å²) in [7, 11) is 0. The summed E-state index contributed by atoms with van der Waals surface area (Å²) >= 11 is 5.95. The molecule has 1 heterocycles. The lowest BCUT2D eigenvalue weighted by atomic mass is 9.92. The number of carbonyl (C=O) groups excluding carboxylic acids is 2. The van der Waals surface area contributed by atoms with E-state index < -0.39 is 5.92 Å². The minimum Gasteiger partial charge on any atom is -0.325 e. The molecule has 20 heavy (non-hydrogen) atoms. The van der Waals surface area contributed by atoms with Gasteiger partial charge in [0.2, 0.25) is 5.91 Å². The van der Waals surface area contributed by atoms with Crippen LogP contribution >= 0.6 is 11.6 Å². The van der Waals surface area contributed by atoms with E-state index in [0.717, 1.165) is 5.56 Å². The normalized spacial score (nSPS) is 16.6. The van der Waals surface area contributed by atoms with Crippen LogP contribution in [-0.4, -0.2) is 11.7 Å². The van der Waals surface area contributed by atoms with Crippen molar-refractivity contribution in [1.82, 2.24) is 0 Å². The number of ketones is 1. The second kappa shape index (κ2) is 5.10. The average molecular weight is 286 g/mol. The molecule has 1 aliphatic heterocycles. The summed E-state index contributed by atoms with van der Waals surface area (Å²) in [5.41, 5.74) is 2.25. The number of carbonyl (C=O) groups is 2. The minimum absolute atomic E-state index is 0.116. The summed E-state index contributed by atoms with van der Waals surface area (Å²) in [6.45, 7) is 0. The maximum Gasteiger partial charge on any atom is 0.239 e. The van der Waals surface area contributed by atoms with E-state index in [4.69, 9.17) is 11.6 Å². The van der Waals surface area contributed by atoms with E-state index in [9.17, 15) is 9.59 Å². The summed E-state index contributed by atoms with van der Waals surface area (Å²) < 4.78 is 0. The molecule has 0 fully saturated rings. The molecule has 100 valence electrons. The molecule has 4 heteroatoms. The van der Waals surface area contributed by atoms with Crippen molar-refractivity contribution in [1.29, 1.82) is 0 Å². The first-order valence-electron chi connectivity index (χ1n) is 6.32. The molecule has 0 aliphatic carbocycles. The molecule has 0 saturated heterocycles. The van der Waals surface area contributed by atoms with Gasteiger partial charge in [0.1, 0.15) is 5.92 Å². The highest BCUT2D eigenvalue weighted by Crippen LogP contribution is 2.35. The molecule has 3 rings (SSSR count). The van der Waals surface area contributed by atoms with Crippen molar-refractivity contribution in [2.75, 3.05) is 5.32 Å². The molecule has 0 saturated carbocycles. The Bertz CT molecular complexity index is 682.